The number of anilines is 4. The molecule has 0 unspecified atom stereocenters. The quantitative estimate of drug-likeness (QED) is 0.366. The second-order valence-electron chi connectivity index (χ2n) is 7.55. The molecule has 8 heteroatoms. The van der Waals surface area contributed by atoms with Crippen molar-refractivity contribution in [3.63, 3.8) is 0 Å². The number of hydrazone groups is 1. The van der Waals surface area contributed by atoms with Crippen LogP contribution >= 0.6 is 0 Å². The van der Waals surface area contributed by atoms with Crippen molar-refractivity contribution in [1.82, 2.24) is 19.5 Å². The van der Waals surface area contributed by atoms with Crippen LogP contribution in [0.2, 0.25) is 0 Å². The first-order valence-corrected chi connectivity index (χ1v) is 10.4. The number of para-hydroxylation sites is 2. The van der Waals surface area contributed by atoms with Gasteiger partial charge in [0.1, 0.15) is 0 Å². The predicted molar refractivity (Wildman–Crippen MR) is 125 cm³/mol. The Balaban J connectivity index is 1.41. The van der Waals surface area contributed by atoms with E-state index in [1.165, 1.54) is 0 Å². The van der Waals surface area contributed by atoms with Gasteiger partial charge in [-0.2, -0.15) is 20.1 Å². The highest BCUT2D eigenvalue weighted by Gasteiger charge is 2.17. The molecule has 3 heterocycles. The average molecular weight is 413 g/mol. The molecule has 1 aliphatic heterocycles. The maximum absolute atomic E-state index is 4.62. The molecule has 0 spiro atoms. The van der Waals surface area contributed by atoms with Gasteiger partial charge in [0.05, 0.1) is 6.21 Å². The molecular formula is C23H24N8. The van der Waals surface area contributed by atoms with Crippen molar-refractivity contribution < 1.29 is 0 Å². The third kappa shape index (κ3) is 4.18. The first-order valence-electron chi connectivity index (χ1n) is 10.4. The minimum absolute atomic E-state index is 0.409. The van der Waals surface area contributed by atoms with E-state index >= 15 is 0 Å². The van der Waals surface area contributed by atoms with E-state index in [9.17, 15) is 0 Å². The number of aryl methyl sites for hydroxylation is 1. The summed E-state index contributed by atoms with van der Waals surface area (Å²) in [6.45, 7) is 1.90. The topological polar surface area (TPSA) is 83.3 Å². The number of hydrogen-bond acceptors (Lipinski definition) is 7. The van der Waals surface area contributed by atoms with E-state index in [0.717, 1.165) is 48.1 Å². The van der Waals surface area contributed by atoms with Gasteiger partial charge in [-0.25, -0.2) is 5.43 Å². The third-order valence-corrected chi connectivity index (χ3v) is 5.34. The van der Waals surface area contributed by atoms with E-state index in [-0.39, 0.29) is 0 Å². The zero-order valence-electron chi connectivity index (χ0n) is 17.4. The molecule has 8 nitrogen and oxygen atoms in total. The lowest BCUT2D eigenvalue weighted by Gasteiger charge is -2.16. The van der Waals surface area contributed by atoms with Crippen molar-refractivity contribution in [2.24, 2.45) is 12.1 Å². The Morgan fingerprint density at radius 2 is 1.65 bits per heavy atom. The Bertz CT molecular complexity index is 1210. The van der Waals surface area contributed by atoms with Crippen LogP contribution in [0.25, 0.3) is 10.9 Å². The van der Waals surface area contributed by atoms with Crippen LogP contribution in [0.5, 0.6) is 0 Å². The summed E-state index contributed by atoms with van der Waals surface area (Å²) in [4.78, 5) is 15.9. The maximum atomic E-state index is 4.62. The number of aromatic nitrogens is 4. The molecule has 2 aromatic heterocycles. The molecule has 156 valence electrons. The zero-order chi connectivity index (χ0) is 21.0. The van der Waals surface area contributed by atoms with Gasteiger partial charge in [-0.3, -0.25) is 0 Å². The largest absolute Gasteiger partial charge is 0.350 e. The molecule has 31 heavy (non-hydrogen) atoms. The van der Waals surface area contributed by atoms with E-state index in [0.29, 0.717) is 17.8 Å². The molecule has 0 atom stereocenters. The molecule has 5 rings (SSSR count). The van der Waals surface area contributed by atoms with Gasteiger partial charge in [0.15, 0.2) is 0 Å². The van der Waals surface area contributed by atoms with Crippen LogP contribution in [-0.2, 0) is 7.05 Å². The molecule has 0 radical (unpaired) electrons. The Labute approximate surface area is 180 Å². The molecule has 0 saturated carbocycles. The summed E-state index contributed by atoms with van der Waals surface area (Å²) < 4.78 is 2.09. The smallest absolute Gasteiger partial charge is 0.250 e. The second-order valence-corrected chi connectivity index (χ2v) is 7.55. The lowest BCUT2D eigenvalue weighted by molar-refractivity contribution is 0.883. The molecule has 1 aliphatic rings. The Kier molecular flexibility index (Phi) is 5.18. The summed E-state index contributed by atoms with van der Waals surface area (Å²) in [5.74, 6) is 1.56. The van der Waals surface area contributed by atoms with Crippen LogP contribution in [0, 0.1) is 0 Å². The molecule has 0 bridgehead atoms. The van der Waals surface area contributed by atoms with Crippen molar-refractivity contribution in [1.29, 1.82) is 0 Å². The third-order valence-electron chi connectivity index (χ3n) is 5.34. The van der Waals surface area contributed by atoms with E-state index in [1.807, 2.05) is 49.5 Å². The molecular weight excluding hydrogens is 388 g/mol. The van der Waals surface area contributed by atoms with Crippen LogP contribution in [0.15, 0.2) is 65.9 Å². The summed E-state index contributed by atoms with van der Waals surface area (Å²) in [6, 6.07) is 18.1. The van der Waals surface area contributed by atoms with Gasteiger partial charge in [0.2, 0.25) is 17.8 Å². The molecule has 2 N–H and O–H groups in total. The van der Waals surface area contributed by atoms with Crippen molar-refractivity contribution in [2.75, 3.05) is 28.7 Å². The van der Waals surface area contributed by atoms with Crippen molar-refractivity contribution in [2.45, 2.75) is 12.8 Å². The number of rotatable bonds is 6. The fraction of sp³-hybridized carbons (Fsp3) is 0.217. The highest BCUT2D eigenvalue weighted by Crippen LogP contribution is 2.21. The highest BCUT2D eigenvalue weighted by atomic mass is 15.4. The summed E-state index contributed by atoms with van der Waals surface area (Å²) in [5.41, 5.74) is 6.10. The summed E-state index contributed by atoms with van der Waals surface area (Å²) in [6.07, 6.45) is 6.15. The fourth-order valence-corrected chi connectivity index (χ4v) is 3.82. The minimum atomic E-state index is 0.409. The SMILES string of the molecule is Cn1cc(/C=N\Nc2nc(Nc3ccccc3)nc(N3CCCC3)n2)c2ccccc21. The predicted octanol–water partition coefficient (Wildman–Crippen LogP) is 4.15. The number of benzene rings is 2. The molecule has 1 fully saturated rings. The first-order chi connectivity index (χ1) is 15.3. The molecule has 0 aliphatic carbocycles. The lowest BCUT2D eigenvalue weighted by Crippen LogP contribution is -2.21. The minimum Gasteiger partial charge on any atom is -0.350 e. The monoisotopic (exact) mass is 412 g/mol. The number of nitrogens with zero attached hydrogens (tertiary/aromatic N) is 6. The van der Waals surface area contributed by atoms with E-state index in [1.54, 1.807) is 6.21 Å². The normalized spacial score (nSPS) is 13.9. The van der Waals surface area contributed by atoms with Crippen LogP contribution in [-0.4, -0.2) is 38.8 Å². The van der Waals surface area contributed by atoms with Crippen molar-refractivity contribution in [3.8, 4) is 0 Å². The standard InChI is InChI=1S/C23H24N8/c1-30-16-17(19-11-5-6-12-20(19)30)15-24-29-22-26-21(25-18-9-3-2-4-10-18)27-23(28-22)31-13-7-8-14-31/h2-6,9-12,15-16H,7-8,13-14H2,1H3,(H2,25,26,27,28,29)/b24-15-. The van der Waals surface area contributed by atoms with Gasteiger partial charge in [-0.15, -0.1) is 0 Å². The van der Waals surface area contributed by atoms with E-state index in [2.05, 4.69) is 58.6 Å². The molecule has 0 amide bonds. The van der Waals surface area contributed by atoms with Crippen molar-refractivity contribution in [3.05, 3.63) is 66.4 Å². The van der Waals surface area contributed by atoms with Gasteiger partial charge in [-0.1, -0.05) is 36.4 Å². The van der Waals surface area contributed by atoms with E-state index < -0.39 is 0 Å². The summed E-state index contributed by atoms with van der Waals surface area (Å²) in [7, 11) is 2.03. The number of nitrogens with one attached hydrogen (secondary N) is 2. The highest BCUT2D eigenvalue weighted by molar-refractivity contribution is 5.99. The zero-order valence-corrected chi connectivity index (χ0v) is 17.4. The molecule has 1 saturated heterocycles. The van der Waals surface area contributed by atoms with Gasteiger partial charge in [0.25, 0.3) is 0 Å². The van der Waals surface area contributed by atoms with Gasteiger partial charge >= 0.3 is 0 Å². The fourth-order valence-electron chi connectivity index (χ4n) is 3.82. The van der Waals surface area contributed by atoms with Gasteiger partial charge < -0.3 is 14.8 Å². The van der Waals surface area contributed by atoms with Crippen LogP contribution < -0.4 is 15.6 Å². The Hall–Kier alpha value is -3.94. The van der Waals surface area contributed by atoms with Crippen LogP contribution in [0.4, 0.5) is 23.5 Å². The van der Waals surface area contributed by atoms with Gasteiger partial charge in [-0.05, 0) is 31.0 Å². The van der Waals surface area contributed by atoms with Crippen LogP contribution in [0.3, 0.4) is 0 Å². The first kappa shape index (κ1) is 19.0. The number of fused-ring (bicyclic) bond motifs is 1. The summed E-state index contributed by atoms with van der Waals surface area (Å²) in [5, 5.41) is 8.81. The van der Waals surface area contributed by atoms with Crippen LogP contribution in [0.1, 0.15) is 18.4 Å². The number of hydrogen-bond donors (Lipinski definition) is 2. The van der Waals surface area contributed by atoms with Crippen molar-refractivity contribution >= 4 is 40.6 Å². The Morgan fingerprint density at radius 3 is 2.48 bits per heavy atom. The summed E-state index contributed by atoms with van der Waals surface area (Å²) >= 11 is 0. The second kappa shape index (κ2) is 8.43. The Morgan fingerprint density at radius 1 is 0.903 bits per heavy atom. The van der Waals surface area contributed by atoms with Gasteiger partial charge in [0, 0.05) is 48.5 Å². The lowest BCUT2D eigenvalue weighted by atomic mass is 10.2. The average Bonchev–Trinajstić information content (AvgIpc) is 3.44. The maximum Gasteiger partial charge on any atom is 0.250 e. The van der Waals surface area contributed by atoms with E-state index in [4.69, 9.17) is 0 Å². The molecule has 4 aromatic rings. The molecule has 2 aromatic carbocycles.